The fraction of sp³-hybridized carbons (Fsp3) is 0.100. The van der Waals surface area contributed by atoms with Gasteiger partial charge in [-0.2, -0.15) is 8.78 Å². The van der Waals surface area contributed by atoms with Crippen LogP contribution in [0.4, 0.5) is 13.9 Å². The predicted octanol–water partition coefficient (Wildman–Crippen LogP) is 5.45. The van der Waals surface area contributed by atoms with Gasteiger partial charge in [0.25, 0.3) is 5.91 Å². The second-order valence-corrected chi connectivity index (χ2v) is 6.92. The van der Waals surface area contributed by atoms with E-state index in [1.54, 1.807) is 0 Å². The van der Waals surface area contributed by atoms with Gasteiger partial charge < -0.3 is 9.72 Å². The Morgan fingerprint density at radius 3 is 2.68 bits per heavy atom. The van der Waals surface area contributed by atoms with Crippen molar-refractivity contribution >= 4 is 33.3 Å². The van der Waals surface area contributed by atoms with Crippen LogP contribution in [0.2, 0.25) is 0 Å². The molecule has 0 fully saturated rings. The highest BCUT2D eigenvalue weighted by molar-refractivity contribution is 7.14. The lowest BCUT2D eigenvalue weighted by molar-refractivity contribution is -0.0498. The number of fused-ring (bicyclic) bond motifs is 1. The van der Waals surface area contributed by atoms with E-state index in [-0.39, 0.29) is 11.7 Å². The molecular weight excluding hydrogens is 384 g/mol. The zero-order chi connectivity index (χ0) is 19.7. The van der Waals surface area contributed by atoms with Gasteiger partial charge in [-0.25, -0.2) is 4.98 Å². The van der Waals surface area contributed by atoms with E-state index < -0.39 is 6.61 Å². The van der Waals surface area contributed by atoms with Crippen molar-refractivity contribution in [1.82, 2.24) is 9.97 Å². The van der Waals surface area contributed by atoms with Gasteiger partial charge in [0.2, 0.25) is 0 Å². The Balaban J connectivity index is 1.53. The van der Waals surface area contributed by atoms with Gasteiger partial charge in [-0.15, -0.1) is 11.3 Å². The topological polar surface area (TPSA) is 67.0 Å². The number of anilines is 1. The van der Waals surface area contributed by atoms with Crippen molar-refractivity contribution in [2.24, 2.45) is 0 Å². The average molecular weight is 399 g/mol. The molecule has 0 saturated heterocycles. The lowest BCUT2D eigenvalue weighted by Crippen LogP contribution is -2.11. The maximum Gasteiger partial charge on any atom is 0.387 e. The van der Waals surface area contributed by atoms with Crippen molar-refractivity contribution in [3.63, 3.8) is 0 Å². The minimum Gasteiger partial charge on any atom is -0.435 e. The third-order valence-electron chi connectivity index (χ3n) is 4.22. The highest BCUT2D eigenvalue weighted by Crippen LogP contribution is 2.34. The molecule has 0 bridgehead atoms. The van der Waals surface area contributed by atoms with Gasteiger partial charge in [0.15, 0.2) is 5.13 Å². The fourth-order valence-electron chi connectivity index (χ4n) is 3.01. The number of alkyl halides is 2. The van der Waals surface area contributed by atoms with Crippen LogP contribution in [0.3, 0.4) is 0 Å². The number of carbonyl (C=O) groups is 1. The van der Waals surface area contributed by atoms with E-state index in [1.165, 1.54) is 35.6 Å². The molecule has 2 N–H and O–H groups in total. The standard InChI is InChI=1S/C20H15F2N3O2S/c1-11-17(14-4-2-3-5-15(14)23-11)16-10-28-20(24-16)25-18(26)12-6-8-13(9-7-12)27-19(21)22/h2-10,19,23H,1H3,(H,24,25,26). The van der Waals surface area contributed by atoms with Crippen molar-refractivity contribution in [3.8, 4) is 17.0 Å². The van der Waals surface area contributed by atoms with Gasteiger partial charge in [0.1, 0.15) is 5.75 Å². The third kappa shape index (κ3) is 3.59. The van der Waals surface area contributed by atoms with Crippen LogP contribution in [0.25, 0.3) is 22.2 Å². The molecule has 0 spiro atoms. The summed E-state index contributed by atoms with van der Waals surface area (Å²) in [5, 5.41) is 6.15. The van der Waals surface area contributed by atoms with E-state index in [2.05, 4.69) is 20.0 Å². The van der Waals surface area contributed by atoms with E-state index in [1.807, 2.05) is 36.6 Å². The SMILES string of the molecule is Cc1[nH]c2ccccc2c1-c1csc(NC(=O)c2ccc(OC(F)F)cc2)n1. The number of amides is 1. The van der Waals surface area contributed by atoms with Crippen LogP contribution < -0.4 is 10.1 Å². The summed E-state index contributed by atoms with van der Waals surface area (Å²) in [6, 6.07) is 13.4. The first-order chi connectivity index (χ1) is 13.5. The summed E-state index contributed by atoms with van der Waals surface area (Å²) >= 11 is 1.32. The lowest BCUT2D eigenvalue weighted by atomic mass is 10.1. The van der Waals surface area contributed by atoms with Crippen LogP contribution in [0.1, 0.15) is 16.1 Å². The maximum absolute atomic E-state index is 12.4. The fourth-order valence-corrected chi connectivity index (χ4v) is 3.71. The number of hydrogen-bond donors (Lipinski definition) is 2. The molecule has 142 valence electrons. The molecule has 28 heavy (non-hydrogen) atoms. The molecule has 1 amide bonds. The van der Waals surface area contributed by atoms with Crippen molar-refractivity contribution in [3.05, 3.63) is 65.2 Å². The number of nitrogens with one attached hydrogen (secondary N) is 2. The zero-order valence-corrected chi connectivity index (χ0v) is 15.5. The number of benzene rings is 2. The normalized spacial score (nSPS) is 11.1. The van der Waals surface area contributed by atoms with Crippen LogP contribution in [-0.2, 0) is 0 Å². The number of aryl methyl sites for hydroxylation is 1. The molecule has 2 aromatic heterocycles. The minimum absolute atomic E-state index is 0.00195. The van der Waals surface area contributed by atoms with E-state index in [9.17, 15) is 13.6 Å². The van der Waals surface area contributed by atoms with Crippen molar-refractivity contribution < 1.29 is 18.3 Å². The largest absolute Gasteiger partial charge is 0.435 e. The molecule has 4 aromatic rings. The lowest BCUT2D eigenvalue weighted by Gasteiger charge is -2.05. The summed E-state index contributed by atoms with van der Waals surface area (Å²) in [5.41, 5.74) is 4.12. The van der Waals surface area contributed by atoms with E-state index in [0.717, 1.165) is 27.9 Å². The second kappa shape index (κ2) is 7.40. The number of para-hydroxylation sites is 1. The van der Waals surface area contributed by atoms with Gasteiger partial charge in [-0.05, 0) is 37.3 Å². The first kappa shape index (κ1) is 18.1. The molecule has 0 radical (unpaired) electrons. The third-order valence-corrected chi connectivity index (χ3v) is 4.97. The Hall–Kier alpha value is -3.26. The first-order valence-corrected chi connectivity index (χ1v) is 9.28. The smallest absolute Gasteiger partial charge is 0.387 e. The van der Waals surface area contributed by atoms with Gasteiger partial charge in [0.05, 0.1) is 5.69 Å². The number of H-pyrrole nitrogens is 1. The van der Waals surface area contributed by atoms with Crippen LogP contribution in [0.5, 0.6) is 5.75 Å². The van der Waals surface area contributed by atoms with Gasteiger partial charge in [-0.1, -0.05) is 18.2 Å². The average Bonchev–Trinajstić information content (AvgIpc) is 3.24. The number of halogens is 2. The first-order valence-electron chi connectivity index (χ1n) is 8.40. The number of ether oxygens (including phenoxy) is 1. The molecular formula is C20H15F2N3O2S. The Labute approximate surface area is 163 Å². The molecule has 0 aliphatic heterocycles. The highest BCUT2D eigenvalue weighted by atomic mass is 32.1. The molecule has 4 rings (SSSR count). The number of aromatic nitrogens is 2. The quantitative estimate of drug-likeness (QED) is 0.469. The number of aromatic amines is 1. The monoisotopic (exact) mass is 399 g/mol. The Kier molecular flexibility index (Phi) is 4.79. The number of rotatable bonds is 5. The highest BCUT2D eigenvalue weighted by Gasteiger charge is 2.15. The molecule has 2 aromatic carbocycles. The van der Waals surface area contributed by atoms with Crippen molar-refractivity contribution in [2.45, 2.75) is 13.5 Å². The molecule has 0 atom stereocenters. The van der Waals surface area contributed by atoms with Gasteiger partial charge in [0, 0.05) is 33.1 Å². The maximum atomic E-state index is 12.4. The molecule has 2 heterocycles. The summed E-state index contributed by atoms with van der Waals surface area (Å²) in [5.74, 6) is -0.377. The van der Waals surface area contributed by atoms with Crippen molar-refractivity contribution in [1.29, 1.82) is 0 Å². The summed E-state index contributed by atoms with van der Waals surface area (Å²) < 4.78 is 28.7. The molecule has 0 aliphatic carbocycles. The zero-order valence-electron chi connectivity index (χ0n) is 14.7. The minimum atomic E-state index is -2.90. The Morgan fingerprint density at radius 1 is 1.18 bits per heavy atom. The van der Waals surface area contributed by atoms with Crippen LogP contribution in [0, 0.1) is 6.92 Å². The van der Waals surface area contributed by atoms with Gasteiger partial charge >= 0.3 is 6.61 Å². The molecule has 8 heteroatoms. The van der Waals surface area contributed by atoms with Gasteiger partial charge in [-0.3, -0.25) is 10.1 Å². The van der Waals surface area contributed by atoms with E-state index in [4.69, 9.17) is 0 Å². The second-order valence-electron chi connectivity index (χ2n) is 6.07. The molecule has 5 nitrogen and oxygen atoms in total. The number of thiazole rings is 1. The van der Waals surface area contributed by atoms with Crippen molar-refractivity contribution in [2.75, 3.05) is 5.32 Å². The number of nitrogens with zero attached hydrogens (tertiary/aromatic N) is 1. The Bertz CT molecular complexity index is 1140. The number of hydrogen-bond acceptors (Lipinski definition) is 4. The predicted molar refractivity (Wildman–Crippen MR) is 105 cm³/mol. The summed E-state index contributed by atoms with van der Waals surface area (Å²) in [6.45, 7) is -0.919. The molecule has 0 saturated carbocycles. The summed E-state index contributed by atoms with van der Waals surface area (Å²) in [4.78, 5) is 20.2. The molecule has 0 unspecified atom stereocenters. The van der Waals surface area contributed by atoms with Crippen LogP contribution in [0.15, 0.2) is 53.9 Å². The van der Waals surface area contributed by atoms with E-state index in [0.29, 0.717) is 10.7 Å². The van der Waals surface area contributed by atoms with E-state index >= 15 is 0 Å². The van der Waals surface area contributed by atoms with Crippen LogP contribution in [-0.4, -0.2) is 22.5 Å². The van der Waals surface area contributed by atoms with Crippen LogP contribution >= 0.6 is 11.3 Å². The molecule has 0 aliphatic rings. The summed E-state index contributed by atoms with van der Waals surface area (Å²) in [6.07, 6.45) is 0. The Morgan fingerprint density at radius 2 is 1.93 bits per heavy atom. The summed E-state index contributed by atoms with van der Waals surface area (Å²) in [7, 11) is 0. The number of carbonyl (C=O) groups excluding carboxylic acids is 1.